The van der Waals surface area contributed by atoms with Gasteiger partial charge in [-0.05, 0) is 23.1 Å². The van der Waals surface area contributed by atoms with Crippen molar-refractivity contribution in [1.82, 2.24) is 0 Å². The van der Waals surface area contributed by atoms with Gasteiger partial charge in [0.25, 0.3) is 0 Å². The molecule has 0 saturated heterocycles. The number of carboxylic acids is 1. The maximum Gasteiger partial charge on any atom is 0.337 e. The highest BCUT2D eigenvalue weighted by Gasteiger charge is 2.20. The topological polar surface area (TPSA) is 94.8 Å². The molecule has 5 heteroatoms. The van der Waals surface area contributed by atoms with Crippen molar-refractivity contribution in [1.29, 1.82) is 0 Å². The molecule has 0 aliphatic carbocycles. The summed E-state index contributed by atoms with van der Waals surface area (Å²) in [5.41, 5.74) is 1.23. The molecule has 92 valence electrons. The first-order valence-corrected chi connectivity index (χ1v) is 5.17. The summed E-state index contributed by atoms with van der Waals surface area (Å²) in [4.78, 5) is 21.0. The van der Waals surface area contributed by atoms with Crippen LogP contribution in [0.4, 0.5) is 0 Å². The van der Waals surface area contributed by atoms with Crippen LogP contribution in [-0.2, 0) is 22.6 Å². The molecule has 17 heavy (non-hydrogen) atoms. The van der Waals surface area contributed by atoms with Crippen LogP contribution >= 0.6 is 0 Å². The molecule has 1 unspecified atom stereocenters. The number of hydrogen-bond donors (Lipinski definition) is 3. The van der Waals surface area contributed by atoms with Crippen LogP contribution < -0.4 is 0 Å². The van der Waals surface area contributed by atoms with E-state index >= 15 is 0 Å². The summed E-state index contributed by atoms with van der Waals surface area (Å²) >= 11 is 0. The van der Waals surface area contributed by atoms with Crippen LogP contribution in [0, 0.1) is 0 Å². The molecule has 1 rings (SSSR count). The largest absolute Gasteiger partial charge is 0.479 e. The quantitative estimate of drug-likeness (QED) is 0.625. The zero-order valence-electron chi connectivity index (χ0n) is 9.17. The Bertz CT molecular complexity index is 413. The maximum absolute atomic E-state index is 10.7. The fourth-order valence-electron chi connectivity index (χ4n) is 1.69. The van der Waals surface area contributed by atoms with E-state index in [1.807, 2.05) is 0 Å². The number of hydrogen-bond acceptors (Lipinski definition) is 4. The maximum atomic E-state index is 10.7. The summed E-state index contributed by atoms with van der Waals surface area (Å²) in [6.45, 7) is -0.366. The van der Waals surface area contributed by atoms with Crippen LogP contribution in [0.15, 0.2) is 18.2 Å². The first-order chi connectivity index (χ1) is 8.11. The molecule has 1 atom stereocenters. The summed E-state index contributed by atoms with van der Waals surface area (Å²) in [6.07, 6.45) is -0.200. The van der Waals surface area contributed by atoms with E-state index in [1.54, 1.807) is 12.1 Å². The Morgan fingerprint density at radius 1 is 1.41 bits per heavy atom. The van der Waals surface area contributed by atoms with Gasteiger partial charge in [0.15, 0.2) is 6.10 Å². The minimum absolute atomic E-state index is 0.170. The normalized spacial score (nSPS) is 12.1. The molecule has 0 saturated carbocycles. The predicted molar refractivity (Wildman–Crippen MR) is 59.3 cm³/mol. The van der Waals surface area contributed by atoms with Crippen molar-refractivity contribution >= 4 is 12.3 Å². The van der Waals surface area contributed by atoms with Crippen molar-refractivity contribution in [2.24, 2.45) is 0 Å². The van der Waals surface area contributed by atoms with E-state index < -0.39 is 12.1 Å². The van der Waals surface area contributed by atoms with Gasteiger partial charge in [0, 0.05) is 6.42 Å². The van der Waals surface area contributed by atoms with Crippen LogP contribution in [0.25, 0.3) is 0 Å². The zero-order valence-corrected chi connectivity index (χ0v) is 9.17. The molecule has 0 aliphatic rings. The van der Waals surface area contributed by atoms with Gasteiger partial charge in [-0.2, -0.15) is 0 Å². The summed E-state index contributed by atoms with van der Waals surface area (Å²) in [6, 6.07) is 4.75. The highest BCUT2D eigenvalue weighted by atomic mass is 16.4. The molecule has 0 amide bonds. The Kier molecular flexibility index (Phi) is 4.81. The minimum Gasteiger partial charge on any atom is -0.479 e. The third-order valence-electron chi connectivity index (χ3n) is 2.53. The molecule has 0 heterocycles. The van der Waals surface area contributed by atoms with Crippen LogP contribution in [0.1, 0.15) is 29.2 Å². The molecule has 5 nitrogen and oxygen atoms in total. The number of aliphatic hydroxyl groups excluding tert-OH is 2. The lowest BCUT2D eigenvalue weighted by Gasteiger charge is -2.14. The number of carboxylic acid groups (broad SMARTS) is 1. The molecule has 0 aliphatic heterocycles. The van der Waals surface area contributed by atoms with Crippen molar-refractivity contribution in [3.63, 3.8) is 0 Å². The molecule has 1 aromatic carbocycles. The van der Waals surface area contributed by atoms with Crippen LogP contribution in [0.5, 0.6) is 0 Å². The second-order valence-electron chi connectivity index (χ2n) is 3.59. The average Bonchev–Trinajstić information content (AvgIpc) is 2.34. The molecular formula is C12H14O5. The van der Waals surface area contributed by atoms with E-state index in [9.17, 15) is 19.8 Å². The van der Waals surface area contributed by atoms with Crippen LogP contribution in [0.3, 0.4) is 0 Å². The fourth-order valence-corrected chi connectivity index (χ4v) is 1.69. The summed E-state index contributed by atoms with van der Waals surface area (Å²) in [7, 11) is 0. The van der Waals surface area contributed by atoms with Gasteiger partial charge < -0.3 is 20.1 Å². The number of aryl methyl sites for hydroxylation is 1. The van der Waals surface area contributed by atoms with Gasteiger partial charge in [-0.15, -0.1) is 0 Å². The molecular weight excluding hydrogens is 224 g/mol. The Morgan fingerprint density at radius 2 is 2.12 bits per heavy atom. The lowest BCUT2D eigenvalue weighted by atomic mass is 9.95. The van der Waals surface area contributed by atoms with Gasteiger partial charge in [0.05, 0.1) is 6.61 Å². The standard InChI is InChI=1S/C12H14O5/c13-6-2-4-8-3-1-5-9(10(8)7-14)11(15)12(16)17/h1,3,5-6,11,14-15H,2,4,7H2,(H,16,17). The Labute approximate surface area is 98.3 Å². The van der Waals surface area contributed by atoms with E-state index in [-0.39, 0.29) is 12.2 Å². The Morgan fingerprint density at radius 3 is 2.65 bits per heavy atom. The first kappa shape index (κ1) is 13.3. The number of benzene rings is 1. The van der Waals surface area contributed by atoms with Crippen molar-refractivity contribution in [3.8, 4) is 0 Å². The first-order valence-electron chi connectivity index (χ1n) is 5.17. The van der Waals surface area contributed by atoms with Gasteiger partial charge >= 0.3 is 5.97 Å². The van der Waals surface area contributed by atoms with Crippen molar-refractivity contribution in [2.45, 2.75) is 25.6 Å². The molecule has 0 aromatic heterocycles. The number of rotatable bonds is 6. The highest BCUT2D eigenvalue weighted by Crippen LogP contribution is 2.23. The summed E-state index contributed by atoms with van der Waals surface area (Å²) < 4.78 is 0. The minimum atomic E-state index is -1.66. The molecule has 0 spiro atoms. The van der Waals surface area contributed by atoms with Crippen molar-refractivity contribution in [2.75, 3.05) is 0 Å². The Balaban J connectivity index is 3.13. The number of carbonyl (C=O) groups excluding carboxylic acids is 1. The number of aldehydes is 1. The SMILES string of the molecule is O=CCCc1cccc(C(O)C(=O)O)c1CO. The number of aliphatic hydroxyl groups is 2. The summed E-state index contributed by atoms with van der Waals surface area (Å²) in [5, 5.41) is 27.5. The van der Waals surface area contributed by atoms with Crippen molar-refractivity contribution in [3.05, 3.63) is 34.9 Å². The lowest BCUT2D eigenvalue weighted by molar-refractivity contribution is -0.147. The molecule has 0 bridgehead atoms. The van der Waals surface area contributed by atoms with Gasteiger partial charge in [-0.3, -0.25) is 0 Å². The predicted octanol–water partition coefficient (Wildman–Crippen LogP) is 0.428. The highest BCUT2D eigenvalue weighted by molar-refractivity contribution is 5.74. The van der Waals surface area contributed by atoms with E-state index in [0.717, 1.165) is 6.29 Å². The Hall–Kier alpha value is -1.72. The monoisotopic (exact) mass is 238 g/mol. The van der Waals surface area contributed by atoms with Gasteiger partial charge in [0.1, 0.15) is 6.29 Å². The zero-order chi connectivity index (χ0) is 12.8. The molecule has 3 N–H and O–H groups in total. The number of aliphatic carboxylic acids is 1. The lowest BCUT2D eigenvalue weighted by Crippen LogP contribution is -2.14. The van der Waals surface area contributed by atoms with Gasteiger partial charge in [-0.25, -0.2) is 4.79 Å². The number of carbonyl (C=O) groups is 2. The van der Waals surface area contributed by atoms with E-state index in [0.29, 0.717) is 24.0 Å². The van der Waals surface area contributed by atoms with Crippen molar-refractivity contribution < 1.29 is 24.9 Å². The van der Waals surface area contributed by atoms with Crippen LogP contribution in [0.2, 0.25) is 0 Å². The van der Waals surface area contributed by atoms with Gasteiger partial charge in [-0.1, -0.05) is 18.2 Å². The smallest absolute Gasteiger partial charge is 0.337 e. The molecule has 0 fully saturated rings. The summed E-state index contributed by atoms with van der Waals surface area (Å²) in [5.74, 6) is -1.37. The second kappa shape index (κ2) is 6.12. The van der Waals surface area contributed by atoms with Crippen LogP contribution in [-0.4, -0.2) is 27.6 Å². The van der Waals surface area contributed by atoms with E-state index in [1.165, 1.54) is 6.07 Å². The average molecular weight is 238 g/mol. The molecule has 0 radical (unpaired) electrons. The third-order valence-corrected chi connectivity index (χ3v) is 2.53. The third kappa shape index (κ3) is 3.12. The van der Waals surface area contributed by atoms with Gasteiger partial charge in [0.2, 0.25) is 0 Å². The fraction of sp³-hybridized carbons (Fsp3) is 0.333. The second-order valence-corrected chi connectivity index (χ2v) is 3.59. The van der Waals surface area contributed by atoms with E-state index in [2.05, 4.69) is 0 Å². The molecule has 1 aromatic rings. The van der Waals surface area contributed by atoms with E-state index in [4.69, 9.17) is 5.11 Å².